The molecule has 0 aliphatic carbocycles. The van der Waals surface area contributed by atoms with Gasteiger partial charge in [0.25, 0.3) is 0 Å². The Labute approximate surface area is 129 Å². The number of fused-ring (bicyclic) bond motifs is 3. The van der Waals surface area contributed by atoms with Crippen LogP contribution < -0.4 is 5.32 Å². The van der Waals surface area contributed by atoms with Crippen molar-refractivity contribution >= 4 is 5.91 Å². The van der Waals surface area contributed by atoms with Crippen molar-refractivity contribution in [2.75, 3.05) is 19.6 Å². The minimum absolute atomic E-state index is 0.0628. The maximum Gasteiger partial charge on any atom is 0.241 e. The molecule has 4 saturated heterocycles. The van der Waals surface area contributed by atoms with Crippen molar-refractivity contribution in [2.45, 2.75) is 71.1 Å². The summed E-state index contributed by atoms with van der Waals surface area (Å²) in [4.78, 5) is 17.7. The molecule has 0 radical (unpaired) electrons. The Bertz CT molecular complexity index is 376. The van der Waals surface area contributed by atoms with Crippen molar-refractivity contribution < 1.29 is 4.79 Å². The zero-order valence-electron chi connectivity index (χ0n) is 13.8. The summed E-state index contributed by atoms with van der Waals surface area (Å²) in [6.45, 7) is 10.2. The average Bonchev–Trinajstić information content (AvgIpc) is 2.83. The van der Waals surface area contributed by atoms with Crippen molar-refractivity contribution in [1.29, 1.82) is 0 Å². The molecule has 0 saturated carbocycles. The molecule has 4 fully saturated rings. The van der Waals surface area contributed by atoms with E-state index in [0.29, 0.717) is 17.9 Å². The SMILES string of the molecule is CCCCC1NC(C(C)C)N(C2CN3CCC2CC3)C1=O. The van der Waals surface area contributed by atoms with Gasteiger partial charge in [-0.25, -0.2) is 0 Å². The molecule has 3 atom stereocenters. The Hall–Kier alpha value is -0.610. The lowest BCUT2D eigenvalue weighted by Gasteiger charge is -2.49. The number of hydrogen-bond acceptors (Lipinski definition) is 3. The van der Waals surface area contributed by atoms with Gasteiger partial charge >= 0.3 is 0 Å². The first kappa shape index (κ1) is 15.3. The highest BCUT2D eigenvalue weighted by Crippen LogP contribution is 2.35. The minimum Gasteiger partial charge on any atom is -0.321 e. The first-order valence-corrected chi connectivity index (χ1v) is 8.92. The van der Waals surface area contributed by atoms with Crippen molar-refractivity contribution in [1.82, 2.24) is 15.1 Å². The van der Waals surface area contributed by atoms with Crippen LogP contribution in [0.25, 0.3) is 0 Å². The lowest BCUT2D eigenvalue weighted by atomic mass is 9.82. The summed E-state index contributed by atoms with van der Waals surface area (Å²) in [6.07, 6.45) is 6.10. The molecule has 4 heterocycles. The van der Waals surface area contributed by atoms with Crippen LogP contribution >= 0.6 is 0 Å². The topological polar surface area (TPSA) is 35.6 Å². The van der Waals surface area contributed by atoms with Gasteiger partial charge in [-0.2, -0.15) is 0 Å². The van der Waals surface area contributed by atoms with Crippen LogP contribution in [0.15, 0.2) is 0 Å². The molecule has 120 valence electrons. The van der Waals surface area contributed by atoms with E-state index in [-0.39, 0.29) is 12.2 Å². The van der Waals surface area contributed by atoms with Gasteiger partial charge in [0.05, 0.1) is 12.2 Å². The molecule has 4 nitrogen and oxygen atoms in total. The highest BCUT2D eigenvalue weighted by molar-refractivity contribution is 5.84. The van der Waals surface area contributed by atoms with E-state index in [4.69, 9.17) is 0 Å². The molecule has 21 heavy (non-hydrogen) atoms. The predicted octanol–water partition coefficient (Wildman–Crippen LogP) is 2.05. The van der Waals surface area contributed by atoms with Crippen LogP contribution in [0.2, 0.25) is 0 Å². The second-order valence-corrected chi connectivity index (χ2v) is 7.50. The largest absolute Gasteiger partial charge is 0.321 e. The molecule has 1 N–H and O–H groups in total. The van der Waals surface area contributed by atoms with Gasteiger partial charge in [-0.1, -0.05) is 33.6 Å². The summed E-state index contributed by atoms with van der Waals surface area (Å²) in [5, 5.41) is 3.64. The van der Waals surface area contributed by atoms with Gasteiger partial charge in [0.2, 0.25) is 5.91 Å². The predicted molar refractivity (Wildman–Crippen MR) is 84.9 cm³/mol. The van der Waals surface area contributed by atoms with Crippen LogP contribution in [0.1, 0.15) is 52.9 Å². The molecule has 0 aromatic rings. The highest BCUT2D eigenvalue weighted by atomic mass is 16.2. The van der Waals surface area contributed by atoms with Crippen LogP contribution in [-0.2, 0) is 4.79 Å². The number of rotatable bonds is 5. The highest BCUT2D eigenvalue weighted by Gasteiger charge is 2.48. The molecular formula is C17H31N3O. The second kappa shape index (κ2) is 6.25. The number of carbonyl (C=O) groups excluding carboxylic acids is 1. The monoisotopic (exact) mass is 293 g/mol. The molecule has 4 aliphatic heterocycles. The first-order chi connectivity index (χ1) is 10.1. The zero-order chi connectivity index (χ0) is 15.0. The van der Waals surface area contributed by atoms with E-state index >= 15 is 0 Å². The first-order valence-electron chi connectivity index (χ1n) is 8.92. The molecule has 2 bridgehead atoms. The summed E-state index contributed by atoms with van der Waals surface area (Å²) in [5.41, 5.74) is 0. The Kier molecular flexibility index (Phi) is 4.55. The van der Waals surface area contributed by atoms with Crippen LogP contribution in [-0.4, -0.2) is 53.6 Å². The molecular weight excluding hydrogens is 262 g/mol. The van der Waals surface area contributed by atoms with E-state index in [2.05, 4.69) is 35.9 Å². The molecule has 1 amide bonds. The maximum atomic E-state index is 12.9. The Balaban J connectivity index is 1.76. The Morgan fingerprint density at radius 1 is 1.29 bits per heavy atom. The van der Waals surface area contributed by atoms with Crippen LogP contribution in [0.5, 0.6) is 0 Å². The van der Waals surface area contributed by atoms with Crippen molar-refractivity contribution in [3.05, 3.63) is 0 Å². The second-order valence-electron chi connectivity index (χ2n) is 7.50. The maximum absolute atomic E-state index is 12.9. The number of hydrogen-bond donors (Lipinski definition) is 1. The van der Waals surface area contributed by atoms with Crippen LogP contribution in [0.3, 0.4) is 0 Å². The third kappa shape index (κ3) is 2.85. The van der Waals surface area contributed by atoms with Crippen molar-refractivity contribution in [3.63, 3.8) is 0 Å². The van der Waals surface area contributed by atoms with Gasteiger partial charge in [0.15, 0.2) is 0 Å². The van der Waals surface area contributed by atoms with E-state index in [9.17, 15) is 4.79 Å². The molecule has 3 unspecified atom stereocenters. The van der Waals surface area contributed by atoms with E-state index in [1.807, 2.05) is 0 Å². The van der Waals surface area contributed by atoms with Crippen molar-refractivity contribution in [3.8, 4) is 0 Å². The van der Waals surface area contributed by atoms with Gasteiger partial charge in [-0.05, 0) is 44.2 Å². The molecule has 4 aliphatic rings. The standard InChI is InChI=1S/C17H31N3O/c1-4-5-6-14-17(21)20(16(18-14)12(2)3)15-11-19-9-7-13(15)8-10-19/h12-16,18H,4-11H2,1-3H3. The minimum atomic E-state index is 0.0628. The average molecular weight is 293 g/mol. The summed E-state index contributed by atoms with van der Waals surface area (Å²) in [7, 11) is 0. The lowest BCUT2D eigenvalue weighted by Crippen LogP contribution is -2.60. The van der Waals surface area contributed by atoms with Gasteiger partial charge < -0.3 is 9.80 Å². The van der Waals surface area contributed by atoms with Crippen LogP contribution in [0, 0.1) is 11.8 Å². The fourth-order valence-electron chi connectivity index (χ4n) is 4.42. The van der Waals surface area contributed by atoms with Crippen LogP contribution in [0.4, 0.5) is 0 Å². The van der Waals surface area contributed by atoms with Crippen molar-refractivity contribution in [2.24, 2.45) is 11.8 Å². The number of unbranched alkanes of at least 4 members (excludes halogenated alkanes) is 1. The van der Waals surface area contributed by atoms with Gasteiger partial charge in [-0.15, -0.1) is 0 Å². The number of carbonyl (C=O) groups is 1. The zero-order valence-corrected chi connectivity index (χ0v) is 13.8. The third-order valence-electron chi connectivity index (χ3n) is 5.68. The van der Waals surface area contributed by atoms with E-state index in [1.54, 1.807) is 0 Å². The molecule has 0 spiro atoms. The normalized spacial score (nSPS) is 39.5. The summed E-state index contributed by atoms with van der Waals surface area (Å²) >= 11 is 0. The summed E-state index contributed by atoms with van der Waals surface area (Å²) in [5.74, 6) is 1.59. The van der Waals surface area contributed by atoms with Gasteiger partial charge in [0, 0.05) is 12.6 Å². The third-order valence-corrected chi connectivity index (χ3v) is 5.68. The molecule has 0 aromatic carbocycles. The number of nitrogens with one attached hydrogen (secondary N) is 1. The smallest absolute Gasteiger partial charge is 0.241 e. The molecule has 4 rings (SSSR count). The fraction of sp³-hybridized carbons (Fsp3) is 0.941. The number of nitrogens with zero attached hydrogens (tertiary/aromatic N) is 2. The lowest BCUT2D eigenvalue weighted by molar-refractivity contribution is -0.137. The van der Waals surface area contributed by atoms with Gasteiger partial charge in [0.1, 0.15) is 0 Å². The van der Waals surface area contributed by atoms with E-state index in [0.717, 1.165) is 31.7 Å². The Morgan fingerprint density at radius 3 is 2.52 bits per heavy atom. The number of amides is 1. The summed E-state index contributed by atoms with van der Waals surface area (Å²) in [6, 6.07) is 0.513. The Morgan fingerprint density at radius 2 is 2.00 bits per heavy atom. The number of piperidine rings is 3. The quantitative estimate of drug-likeness (QED) is 0.843. The summed E-state index contributed by atoms with van der Waals surface area (Å²) < 4.78 is 0. The van der Waals surface area contributed by atoms with E-state index in [1.165, 1.54) is 25.9 Å². The van der Waals surface area contributed by atoms with Gasteiger partial charge in [-0.3, -0.25) is 10.1 Å². The fourth-order valence-corrected chi connectivity index (χ4v) is 4.42. The molecule has 4 heteroatoms. The van der Waals surface area contributed by atoms with E-state index < -0.39 is 0 Å². The molecule has 0 aromatic heterocycles.